The monoisotopic (exact) mass is 561 g/mol. The number of ether oxygens (including phenoxy) is 1. The molecule has 6 rings (SSSR count). The van der Waals surface area contributed by atoms with Crippen molar-refractivity contribution >= 4 is 45.5 Å². The van der Waals surface area contributed by atoms with E-state index in [2.05, 4.69) is 4.57 Å². The Bertz CT molecular complexity index is 1790. The number of aliphatic imine (C=N–C) groups is 1. The van der Waals surface area contributed by atoms with Crippen LogP contribution in [0.15, 0.2) is 113 Å². The SMILES string of the molecule is COc1ccc(CN2C(=O)/C(=C/c3c(C)n(Cc4ccccc4F)c4ccccc34)SC2=Nc2ccccc2)cc1. The number of fused-ring (bicyclic) bond motifs is 1. The maximum absolute atomic E-state index is 14.6. The van der Waals surface area contributed by atoms with E-state index < -0.39 is 0 Å². The quantitative estimate of drug-likeness (QED) is 0.190. The van der Waals surface area contributed by atoms with Gasteiger partial charge >= 0.3 is 0 Å². The van der Waals surface area contributed by atoms with Crippen molar-refractivity contribution in [3.05, 3.63) is 136 Å². The summed E-state index contributed by atoms with van der Waals surface area (Å²) in [5.74, 6) is 0.421. The molecule has 0 aliphatic carbocycles. The molecular formula is C34H28FN3O2S. The van der Waals surface area contributed by atoms with E-state index >= 15 is 0 Å². The molecule has 0 bridgehead atoms. The predicted octanol–water partition coefficient (Wildman–Crippen LogP) is 7.95. The normalized spacial score (nSPS) is 15.4. The van der Waals surface area contributed by atoms with Crippen molar-refractivity contribution in [1.29, 1.82) is 0 Å². The first-order valence-electron chi connectivity index (χ1n) is 13.3. The van der Waals surface area contributed by atoms with E-state index in [1.165, 1.54) is 17.8 Å². The summed E-state index contributed by atoms with van der Waals surface area (Å²) in [5.41, 5.74) is 5.26. The molecule has 1 saturated heterocycles. The Morgan fingerprint density at radius 1 is 0.878 bits per heavy atom. The lowest BCUT2D eigenvalue weighted by molar-refractivity contribution is -0.122. The largest absolute Gasteiger partial charge is 0.497 e. The van der Waals surface area contributed by atoms with Gasteiger partial charge in [0.05, 0.1) is 30.8 Å². The molecule has 0 saturated carbocycles. The highest BCUT2D eigenvalue weighted by Gasteiger charge is 2.34. The van der Waals surface area contributed by atoms with Crippen LogP contribution in [-0.2, 0) is 17.9 Å². The molecule has 7 heteroatoms. The van der Waals surface area contributed by atoms with Crippen molar-refractivity contribution in [2.24, 2.45) is 4.99 Å². The fraction of sp³-hybridized carbons (Fsp3) is 0.118. The second kappa shape index (κ2) is 11.5. The van der Waals surface area contributed by atoms with Crippen molar-refractivity contribution in [2.45, 2.75) is 20.0 Å². The van der Waals surface area contributed by atoms with E-state index in [-0.39, 0.29) is 11.7 Å². The predicted molar refractivity (Wildman–Crippen MR) is 165 cm³/mol. The summed E-state index contributed by atoms with van der Waals surface area (Å²) in [4.78, 5) is 21.1. The van der Waals surface area contributed by atoms with Crippen molar-refractivity contribution < 1.29 is 13.9 Å². The number of methoxy groups -OCH3 is 1. The highest BCUT2D eigenvalue weighted by molar-refractivity contribution is 8.18. The van der Waals surface area contributed by atoms with Crippen LogP contribution < -0.4 is 4.74 Å². The number of aromatic nitrogens is 1. The Hall–Kier alpha value is -4.62. The van der Waals surface area contributed by atoms with Crippen LogP contribution in [0.2, 0.25) is 0 Å². The average Bonchev–Trinajstić information content (AvgIpc) is 3.43. The third kappa shape index (κ3) is 5.41. The number of thioether (sulfide) groups is 1. The van der Waals surface area contributed by atoms with Gasteiger partial charge in [-0.25, -0.2) is 9.38 Å². The summed E-state index contributed by atoms with van der Waals surface area (Å²) in [7, 11) is 1.63. The van der Waals surface area contributed by atoms with E-state index in [1.807, 2.05) is 97.9 Å². The summed E-state index contributed by atoms with van der Waals surface area (Å²) in [6.45, 7) is 2.80. The molecule has 0 spiro atoms. The van der Waals surface area contributed by atoms with Gasteiger partial charge in [0.1, 0.15) is 11.6 Å². The number of benzene rings is 4. The molecule has 204 valence electrons. The van der Waals surface area contributed by atoms with Crippen molar-refractivity contribution in [1.82, 2.24) is 9.47 Å². The van der Waals surface area contributed by atoms with Gasteiger partial charge in [-0.15, -0.1) is 0 Å². The van der Waals surface area contributed by atoms with Crippen molar-refractivity contribution in [3.63, 3.8) is 0 Å². The minimum absolute atomic E-state index is 0.106. The van der Waals surface area contributed by atoms with Crippen LogP contribution in [0.4, 0.5) is 10.1 Å². The van der Waals surface area contributed by atoms with Crippen LogP contribution in [0.25, 0.3) is 17.0 Å². The number of rotatable bonds is 7. The number of nitrogens with zero attached hydrogens (tertiary/aromatic N) is 3. The zero-order valence-electron chi connectivity index (χ0n) is 22.8. The van der Waals surface area contributed by atoms with Gasteiger partial charge in [-0.1, -0.05) is 66.7 Å². The molecule has 5 nitrogen and oxygen atoms in total. The van der Waals surface area contributed by atoms with E-state index in [1.54, 1.807) is 24.1 Å². The number of halogens is 1. The highest BCUT2D eigenvalue weighted by Crippen LogP contribution is 2.38. The second-order valence-electron chi connectivity index (χ2n) is 9.77. The molecule has 1 aliphatic rings. The number of carbonyl (C=O) groups is 1. The van der Waals surface area contributed by atoms with E-state index in [0.717, 1.165) is 39.2 Å². The van der Waals surface area contributed by atoms with Crippen LogP contribution >= 0.6 is 11.8 Å². The lowest BCUT2D eigenvalue weighted by Crippen LogP contribution is -2.28. The molecule has 0 unspecified atom stereocenters. The fourth-order valence-electron chi connectivity index (χ4n) is 5.03. The topological polar surface area (TPSA) is 46.8 Å². The third-order valence-electron chi connectivity index (χ3n) is 7.21. The number of hydrogen-bond acceptors (Lipinski definition) is 4. The first-order chi connectivity index (χ1) is 20.0. The average molecular weight is 562 g/mol. The molecule has 2 heterocycles. The maximum Gasteiger partial charge on any atom is 0.267 e. The third-order valence-corrected chi connectivity index (χ3v) is 8.22. The smallest absolute Gasteiger partial charge is 0.267 e. The zero-order valence-corrected chi connectivity index (χ0v) is 23.6. The first kappa shape index (κ1) is 26.6. The van der Waals surface area contributed by atoms with E-state index in [9.17, 15) is 9.18 Å². The van der Waals surface area contributed by atoms with Gasteiger partial charge in [0, 0.05) is 27.7 Å². The lowest BCUT2D eigenvalue weighted by Gasteiger charge is -2.16. The Balaban J connectivity index is 1.41. The molecule has 1 aliphatic heterocycles. The molecule has 1 fully saturated rings. The number of hydrogen-bond donors (Lipinski definition) is 0. The molecule has 1 amide bonds. The molecule has 0 radical (unpaired) electrons. The zero-order chi connectivity index (χ0) is 28.3. The van der Waals surface area contributed by atoms with Crippen molar-refractivity contribution in [2.75, 3.05) is 7.11 Å². The molecule has 0 atom stereocenters. The number of amides is 1. The van der Waals surface area contributed by atoms with E-state index in [0.29, 0.717) is 28.7 Å². The van der Waals surface area contributed by atoms with Crippen LogP contribution in [0.3, 0.4) is 0 Å². The Kier molecular flexibility index (Phi) is 7.44. The van der Waals surface area contributed by atoms with Gasteiger partial charge in [0.25, 0.3) is 5.91 Å². The molecule has 5 aromatic rings. The Morgan fingerprint density at radius 3 is 2.34 bits per heavy atom. The van der Waals surface area contributed by atoms with Crippen LogP contribution in [0.5, 0.6) is 5.75 Å². The summed E-state index contributed by atoms with van der Waals surface area (Å²) in [6, 6.07) is 32.2. The molecular weight excluding hydrogens is 533 g/mol. The number of amidine groups is 1. The minimum atomic E-state index is -0.234. The first-order valence-corrected chi connectivity index (χ1v) is 14.1. The number of para-hydroxylation sites is 2. The Morgan fingerprint density at radius 2 is 1.59 bits per heavy atom. The maximum atomic E-state index is 14.6. The summed E-state index contributed by atoms with van der Waals surface area (Å²) >= 11 is 1.37. The summed E-state index contributed by atoms with van der Waals surface area (Å²) in [6.07, 6.45) is 1.96. The number of carbonyl (C=O) groups excluding carboxylic acids is 1. The highest BCUT2D eigenvalue weighted by atomic mass is 32.2. The molecule has 41 heavy (non-hydrogen) atoms. The molecule has 4 aromatic carbocycles. The molecule has 1 aromatic heterocycles. The van der Waals surface area contributed by atoms with Gasteiger partial charge in [-0.2, -0.15) is 0 Å². The van der Waals surface area contributed by atoms with Gasteiger partial charge in [-0.05, 0) is 66.7 Å². The van der Waals surface area contributed by atoms with Gasteiger partial charge in [0.15, 0.2) is 5.17 Å². The van der Waals surface area contributed by atoms with Gasteiger partial charge in [-0.3, -0.25) is 9.69 Å². The van der Waals surface area contributed by atoms with Gasteiger partial charge < -0.3 is 9.30 Å². The van der Waals surface area contributed by atoms with Crippen LogP contribution in [0, 0.1) is 12.7 Å². The molecule has 0 N–H and O–H groups in total. The fourth-order valence-corrected chi connectivity index (χ4v) is 6.01. The van der Waals surface area contributed by atoms with Crippen LogP contribution in [-0.4, -0.2) is 27.7 Å². The summed E-state index contributed by atoms with van der Waals surface area (Å²) < 4.78 is 22.0. The minimum Gasteiger partial charge on any atom is -0.497 e. The second-order valence-corrected chi connectivity index (χ2v) is 10.8. The summed E-state index contributed by atoms with van der Waals surface area (Å²) in [5, 5.41) is 1.63. The van der Waals surface area contributed by atoms with E-state index in [4.69, 9.17) is 9.73 Å². The van der Waals surface area contributed by atoms with Crippen molar-refractivity contribution in [3.8, 4) is 5.75 Å². The van der Waals surface area contributed by atoms with Gasteiger partial charge in [0.2, 0.25) is 0 Å². The lowest BCUT2D eigenvalue weighted by atomic mass is 10.1. The standard InChI is InChI=1S/C34H28FN3O2S/c1-23-29(28-13-7-9-15-31(28)37(23)22-25-10-6-8-14-30(25)35)20-32-33(39)38(21-24-16-18-27(40-2)19-17-24)34(41-32)36-26-11-4-3-5-12-26/h3-20H,21-22H2,1-2H3/b32-20-,36-34?. The van der Waals surface area contributed by atoms with Crippen LogP contribution in [0.1, 0.15) is 22.4 Å². The Labute approximate surface area is 242 Å².